The molecule has 0 bridgehead atoms. The summed E-state index contributed by atoms with van der Waals surface area (Å²) in [6.45, 7) is 0. The summed E-state index contributed by atoms with van der Waals surface area (Å²) in [6.07, 6.45) is 11.6. The lowest BCUT2D eigenvalue weighted by molar-refractivity contribution is 1.12. The fourth-order valence-electron chi connectivity index (χ4n) is 1.10. The zero-order chi connectivity index (χ0) is 9.52. The minimum atomic E-state index is -0.965. The molecule has 0 nitrogen and oxygen atoms in total. The molecule has 0 amide bonds. The summed E-state index contributed by atoms with van der Waals surface area (Å²) in [5.41, 5.74) is 6.69. The molecule has 1 radical (unpaired) electrons. The number of hydrogen-bond acceptors (Lipinski definition) is 0. The fourth-order valence-corrected chi connectivity index (χ4v) is 2.01. The number of hydrogen-bond donors (Lipinski definition) is 0. The lowest BCUT2D eigenvalue weighted by Crippen LogP contribution is -2.07. The van der Waals surface area contributed by atoms with Crippen molar-refractivity contribution in [1.82, 2.24) is 0 Å². The predicted octanol–water partition coefficient (Wildman–Crippen LogP) is 2.07. The highest BCUT2D eigenvalue weighted by atomic mass is 28.3. The normalized spacial score (nSPS) is 9.15. The Morgan fingerprint density at radius 3 is 2.23 bits per heavy atom. The Kier molecular flexibility index (Phi) is 3.89. The molecule has 0 N–H and O–H groups in total. The molecule has 0 aromatic heterocycles. The van der Waals surface area contributed by atoms with Gasteiger partial charge in [0.1, 0.15) is 0 Å². The quantitative estimate of drug-likeness (QED) is 0.497. The van der Waals surface area contributed by atoms with Gasteiger partial charge in [-0.3, -0.25) is 0 Å². The van der Waals surface area contributed by atoms with E-state index in [1.165, 1.54) is 5.56 Å². The van der Waals surface area contributed by atoms with Gasteiger partial charge in [0, 0.05) is 0 Å². The third kappa shape index (κ3) is 3.19. The molecule has 1 aromatic rings. The number of benzene rings is 1. The summed E-state index contributed by atoms with van der Waals surface area (Å²) >= 11 is 0. The van der Waals surface area contributed by atoms with Gasteiger partial charge < -0.3 is 0 Å². The molecule has 1 rings (SSSR count). The highest BCUT2D eigenvalue weighted by Gasteiger charge is 2.03. The summed E-state index contributed by atoms with van der Waals surface area (Å²) in [7, 11) is -0.965. The number of terminal acetylenes is 2. The lowest BCUT2D eigenvalue weighted by Gasteiger charge is -2.00. The topological polar surface area (TPSA) is 0 Å². The second kappa shape index (κ2) is 5.25. The number of aryl methyl sites for hydroxylation is 1. The largest absolute Gasteiger partial charge is 0.233 e. The molecular formula is C12H11Si. The first-order valence-electron chi connectivity index (χ1n) is 4.20. The van der Waals surface area contributed by atoms with Crippen LogP contribution in [0.4, 0.5) is 0 Å². The minimum Gasteiger partial charge on any atom is -0.126 e. The molecule has 0 heterocycles. The Bertz CT molecular complexity index is 312. The standard InChI is InChI=1S/C12H11Si/c1-3-13(4-2)11-10-12-8-6-5-7-9-12/h1-2,5-9H,10-11H2. The van der Waals surface area contributed by atoms with E-state index in [0.29, 0.717) is 0 Å². The molecule has 0 spiro atoms. The van der Waals surface area contributed by atoms with Gasteiger partial charge in [0.15, 0.2) is 0 Å². The maximum absolute atomic E-state index is 5.30. The SMILES string of the molecule is C#C[Si](C#C)CCc1ccccc1. The van der Waals surface area contributed by atoms with Crippen LogP contribution in [0.1, 0.15) is 5.56 Å². The zero-order valence-corrected chi connectivity index (χ0v) is 8.46. The molecule has 0 fully saturated rings. The van der Waals surface area contributed by atoms with Crippen LogP contribution in [-0.2, 0) is 6.42 Å². The van der Waals surface area contributed by atoms with Crippen molar-refractivity contribution < 1.29 is 0 Å². The van der Waals surface area contributed by atoms with E-state index in [-0.39, 0.29) is 0 Å². The van der Waals surface area contributed by atoms with Crippen LogP contribution in [0.15, 0.2) is 30.3 Å². The molecule has 13 heavy (non-hydrogen) atoms. The van der Waals surface area contributed by atoms with Crippen LogP contribution in [0.2, 0.25) is 6.04 Å². The molecular weight excluding hydrogens is 172 g/mol. The molecule has 0 unspecified atom stereocenters. The Morgan fingerprint density at radius 1 is 1.08 bits per heavy atom. The van der Waals surface area contributed by atoms with Gasteiger partial charge in [-0.15, -0.1) is 23.9 Å². The third-order valence-corrected chi connectivity index (χ3v) is 3.30. The molecule has 0 aliphatic rings. The average molecular weight is 183 g/mol. The zero-order valence-electron chi connectivity index (χ0n) is 7.46. The highest BCUT2D eigenvalue weighted by molar-refractivity contribution is 6.75. The van der Waals surface area contributed by atoms with Gasteiger partial charge in [-0.25, -0.2) is 0 Å². The molecule has 1 aromatic carbocycles. The van der Waals surface area contributed by atoms with Crippen LogP contribution in [0.5, 0.6) is 0 Å². The molecule has 0 saturated carbocycles. The molecule has 0 aliphatic carbocycles. The van der Waals surface area contributed by atoms with E-state index in [9.17, 15) is 0 Å². The summed E-state index contributed by atoms with van der Waals surface area (Å²) in [5.74, 6) is 0. The molecule has 0 atom stereocenters. The van der Waals surface area contributed by atoms with Crippen LogP contribution < -0.4 is 0 Å². The Labute approximate surface area is 81.6 Å². The Balaban J connectivity index is 2.45. The first-order valence-corrected chi connectivity index (χ1v) is 5.90. The van der Waals surface area contributed by atoms with Crippen LogP contribution >= 0.6 is 0 Å². The van der Waals surface area contributed by atoms with Crippen molar-refractivity contribution in [3.05, 3.63) is 35.9 Å². The van der Waals surface area contributed by atoms with E-state index in [1.54, 1.807) is 0 Å². The number of rotatable bonds is 3. The summed E-state index contributed by atoms with van der Waals surface area (Å²) in [5, 5.41) is 0. The molecule has 0 saturated heterocycles. The van der Waals surface area contributed by atoms with Crippen molar-refractivity contribution in [2.45, 2.75) is 12.5 Å². The summed E-state index contributed by atoms with van der Waals surface area (Å²) in [4.78, 5) is 0. The van der Waals surface area contributed by atoms with Gasteiger partial charge in [0.2, 0.25) is 8.80 Å². The first-order chi connectivity index (χ1) is 6.36. The maximum atomic E-state index is 5.30. The van der Waals surface area contributed by atoms with Crippen molar-refractivity contribution in [3.63, 3.8) is 0 Å². The van der Waals surface area contributed by atoms with Crippen LogP contribution in [-0.4, -0.2) is 8.80 Å². The first kappa shape index (κ1) is 9.64. The third-order valence-electron chi connectivity index (χ3n) is 1.85. The second-order valence-electron chi connectivity index (χ2n) is 2.75. The van der Waals surface area contributed by atoms with Gasteiger partial charge in [-0.2, -0.15) is 0 Å². The lowest BCUT2D eigenvalue weighted by atomic mass is 10.2. The van der Waals surface area contributed by atoms with E-state index in [2.05, 4.69) is 23.2 Å². The monoisotopic (exact) mass is 183 g/mol. The predicted molar refractivity (Wildman–Crippen MR) is 58.4 cm³/mol. The van der Waals surface area contributed by atoms with Gasteiger partial charge in [0.05, 0.1) is 0 Å². The highest BCUT2D eigenvalue weighted by Crippen LogP contribution is 2.04. The van der Waals surface area contributed by atoms with E-state index in [0.717, 1.165) is 12.5 Å². The van der Waals surface area contributed by atoms with E-state index in [4.69, 9.17) is 12.8 Å². The summed E-state index contributed by atoms with van der Waals surface area (Å²) in [6, 6.07) is 11.3. The summed E-state index contributed by atoms with van der Waals surface area (Å²) < 4.78 is 0. The van der Waals surface area contributed by atoms with Crippen LogP contribution in [0.3, 0.4) is 0 Å². The van der Waals surface area contributed by atoms with E-state index >= 15 is 0 Å². The average Bonchev–Trinajstić information content (AvgIpc) is 2.21. The Hall–Kier alpha value is -1.44. The van der Waals surface area contributed by atoms with Gasteiger partial charge in [0.25, 0.3) is 0 Å². The van der Waals surface area contributed by atoms with Gasteiger partial charge in [-0.1, -0.05) is 30.3 Å². The molecule has 0 aliphatic heterocycles. The molecule has 63 valence electrons. The van der Waals surface area contributed by atoms with Gasteiger partial charge >= 0.3 is 0 Å². The van der Waals surface area contributed by atoms with Crippen LogP contribution in [0.25, 0.3) is 0 Å². The fraction of sp³-hybridized carbons (Fsp3) is 0.167. The van der Waals surface area contributed by atoms with Crippen molar-refractivity contribution in [2.75, 3.05) is 0 Å². The van der Waals surface area contributed by atoms with E-state index < -0.39 is 8.80 Å². The van der Waals surface area contributed by atoms with Crippen molar-refractivity contribution >= 4 is 8.80 Å². The maximum Gasteiger partial charge on any atom is 0.233 e. The minimum absolute atomic E-state index is 0.965. The second-order valence-corrected chi connectivity index (χ2v) is 4.79. The van der Waals surface area contributed by atoms with Crippen molar-refractivity contribution in [1.29, 1.82) is 0 Å². The van der Waals surface area contributed by atoms with E-state index in [1.807, 2.05) is 18.2 Å². The van der Waals surface area contributed by atoms with Crippen LogP contribution in [0, 0.1) is 23.9 Å². The van der Waals surface area contributed by atoms with Crippen molar-refractivity contribution in [2.24, 2.45) is 0 Å². The van der Waals surface area contributed by atoms with Crippen molar-refractivity contribution in [3.8, 4) is 23.9 Å². The smallest absolute Gasteiger partial charge is 0.126 e. The Morgan fingerprint density at radius 2 is 1.69 bits per heavy atom. The van der Waals surface area contributed by atoms with Gasteiger partial charge in [-0.05, 0) is 18.0 Å². The molecule has 1 heteroatoms.